The SMILES string of the molecule is Cc1noc(C)c1CN1C(=O)C(C)Nc2ccccc21. The number of anilines is 2. The van der Waals surface area contributed by atoms with E-state index in [1.165, 1.54) is 0 Å². The van der Waals surface area contributed by atoms with Crippen LogP contribution in [-0.4, -0.2) is 17.1 Å². The molecule has 5 heteroatoms. The van der Waals surface area contributed by atoms with Gasteiger partial charge >= 0.3 is 0 Å². The molecule has 20 heavy (non-hydrogen) atoms. The van der Waals surface area contributed by atoms with Gasteiger partial charge in [-0.15, -0.1) is 0 Å². The molecule has 3 rings (SSSR count). The normalized spacial score (nSPS) is 17.9. The van der Waals surface area contributed by atoms with Crippen molar-refractivity contribution in [3.63, 3.8) is 0 Å². The van der Waals surface area contributed by atoms with Gasteiger partial charge in [-0.3, -0.25) is 4.79 Å². The molecule has 0 aliphatic carbocycles. The molecule has 2 heterocycles. The smallest absolute Gasteiger partial charge is 0.249 e. The first kappa shape index (κ1) is 12.7. The second-order valence-corrected chi connectivity index (χ2v) is 5.11. The van der Waals surface area contributed by atoms with Gasteiger partial charge in [0.2, 0.25) is 5.91 Å². The minimum atomic E-state index is -0.231. The van der Waals surface area contributed by atoms with Gasteiger partial charge in [0.1, 0.15) is 11.8 Å². The lowest BCUT2D eigenvalue weighted by Crippen LogP contribution is -2.45. The first-order valence-corrected chi connectivity index (χ1v) is 6.66. The quantitative estimate of drug-likeness (QED) is 0.912. The third-order valence-corrected chi connectivity index (χ3v) is 3.70. The molecule has 1 atom stereocenters. The van der Waals surface area contributed by atoms with Gasteiger partial charge in [0.15, 0.2) is 0 Å². The lowest BCUT2D eigenvalue weighted by atomic mass is 10.1. The Morgan fingerprint density at radius 2 is 2.10 bits per heavy atom. The lowest BCUT2D eigenvalue weighted by Gasteiger charge is -2.33. The van der Waals surface area contributed by atoms with Gasteiger partial charge in [-0.05, 0) is 32.9 Å². The summed E-state index contributed by atoms with van der Waals surface area (Å²) in [5, 5.41) is 7.17. The van der Waals surface area contributed by atoms with Crippen LogP contribution < -0.4 is 10.2 Å². The van der Waals surface area contributed by atoms with E-state index in [1.807, 2.05) is 45.0 Å². The standard InChI is InChI=1S/C15H17N3O2/c1-9-12(11(3)20-17-9)8-18-14-7-5-4-6-13(14)16-10(2)15(18)19/h4-7,10,16H,8H2,1-3H3. The molecule has 1 aromatic heterocycles. The Hall–Kier alpha value is -2.30. The fourth-order valence-electron chi connectivity index (χ4n) is 2.53. The van der Waals surface area contributed by atoms with Crippen LogP contribution in [0.1, 0.15) is 23.9 Å². The molecule has 104 valence electrons. The van der Waals surface area contributed by atoms with Crippen LogP contribution in [0.4, 0.5) is 11.4 Å². The van der Waals surface area contributed by atoms with Crippen LogP contribution in [0.15, 0.2) is 28.8 Å². The van der Waals surface area contributed by atoms with Crippen LogP contribution in [0.25, 0.3) is 0 Å². The van der Waals surface area contributed by atoms with Gasteiger partial charge in [0.25, 0.3) is 0 Å². The number of carbonyl (C=O) groups is 1. The summed E-state index contributed by atoms with van der Waals surface area (Å²) in [6.07, 6.45) is 0. The molecule has 0 radical (unpaired) electrons. The van der Waals surface area contributed by atoms with E-state index in [0.29, 0.717) is 6.54 Å². The Kier molecular flexibility index (Phi) is 2.97. The number of aromatic nitrogens is 1. The number of rotatable bonds is 2. The van der Waals surface area contributed by atoms with Crippen LogP contribution in [-0.2, 0) is 11.3 Å². The van der Waals surface area contributed by atoms with E-state index in [4.69, 9.17) is 4.52 Å². The van der Waals surface area contributed by atoms with Crippen molar-refractivity contribution in [3.05, 3.63) is 41.3 Å². The largest absolute Gasteiger partial charge is 0.372 e. The van der Waals surface area contributed by atoms with Crippen molar-refractivity contribution in [3.8, 4) is 0 Å². The summed E-state index contributed by atoms with van der Waals surface area (Å²) < 4.78 is 5.18. The molecule has 0 bridgehead atoms. The number of amides is 1. The number of para-hydroxylation sites is 2. The van der Waals surface area contributed by atoms with Gasteiger partial charge in [-0.1, -0.05) is 17.3 Å². The molecule has 5 nitrogen and oxygen atoms in total. The van der Waals surface area contributed by atoms with Crippen molar-refractivity contribution >= 4 is 17.3 Å². The van der Waals surface area contributed by atoms with Crippen molar-refractivity contribution in [2.24, 2.45) is 0 Å². The molecule has 0 spiro atoms. The highest BCUT2D eigenvalue weighted by Crippen LogP contribution is 2.33. The number of aryl methyl sites for hydroxylation is 2. The zero-order valence-corrected chi connectivity index (χ0v) is 11.8. The maximum absolute atomic E-state index is 12.4. The predicted molar refractivity (Wildman–Crippen MR) is 76.7 cm³/mol. The molecular formula is C15H17N3O2. The summed E-state index contributed by atoms with van der Waals surface area (Å²) in [7, 11) is 0. The summed E-state index contributed by atoms with van der Waals surface area (Å²) in [5.41, 5.74) is 3.68. The number of fused-ring (bicyclic) bond motifs is 1. The van der Waals surface area contributed by atoms with Gasteiger partial charge in [-0.2, -0.15) is 0 Å². The number of hydrogen-bond donors (Lipinski definition) is 1. The predicted octanol–water partition coefficient (Wildman–Crippen LogP) is 2.64. The topological polar surface area (TPSA) is 58.4 Å². The minimum absolute atomic E-state index is 0.0590. The first-order chi connectivity index (χ1) is 9.58. The van der Waals surface area contributed by atoms with Crippen molar-refractivity contribution < 1.29 is 9.32 Å². The van der Waals surface area contributed by atoms with Crippen molar-refractivity contribution in [1.82, 2.24) is 5.16 Å². The lowest BCUT2D eigenvalue weighted by molar-refractivity contribution is -0.119. The van der Waals surface area contributed by atoms with E-state index >= 15 is 0 Å². The van der Waals surface area contributed by atoms with E-state index < -0.39 is 0 Å². The highest BCUT2D eigenvalue weighted by molar-refractivity contribution is 6.04. The Morgan fingerprint density at radius 3 is 2.80 bits per heavy atom. The van der Waals surface area contributed by atoms with Gasteiger partial charge in [0, 0.05) is 5.56 Å². The van der Waals surface area contributed by atoms with Gasteiger partial charge in [-0.25, -0.2) is 0 Å². The maximum atomic E-state index is 12.4. The van der Waals surface area contributed by atoms with Gasteiger partial charge in [0.05, 0.1) is 23.6 Å². The van der Waals surface area contributed by atoms with Crippen LogP contribution in [0.3, 0.4) is 0 Å². The molecule has 1 N–H and O–H groups in total. The summed E-state index contributed by atoms with van der Waals surface area (Å²) in [6.45, 7) is 6.13. The molecule has 1 aliphatic rings. The van der Waals surface area contributed by atoms with Crippen molar-refractivity contribution in [2.45, 2.75) is 33.4 Å². The Labute approximate surface area is 117 Å². The fourth-order valence-corrected chi connectivity index (χ4v) is 2.53. The fraction of sp³-hybridized carbons (Fsp3) is 0.333. The first-order valence-electron chi connectivity index (χ1n) is 6.66. The number of carbonyl (C=O) groups excluding carboxylic acids is 1. The second kappa shape index (κ2) is 4.67. The van der Waals surface area contributed by atoms with E-state index in [1.54, 1.807) is 4.90 Å². The number of nitrogens with zero attached hydrogens (tertiary/aromatic N) is 2. The van der Waals surface area contributed by atoms with Crippen LogP contribution in [0, 0.1) is 13.8 Å². The Bertz CT molecular complexity index is 643. The Balaban J connectivity index is 2.02. The van der Waals surface area contributed by atoms with Gasteiger partial charge < -0.3 is 14.7 Å². The summed E-state index contributed by atoms with van der Waals surface area (Å²) in [5.74, 6) is 0.822. The zero-order valence-electron chi connectivity index (χ0n) is 11.8. The third kappa shape index (κ3) is 1.95. The summed E-state index contributed by atoms with van der Waals surface area (Å²) in [6, 6.07) is 7.60. The second-order valence-electron chi connectivity index (χ2n) is 5.11. The molecular weight excluding hydrogens is 254 g/mol. The molecule has 0 saturated heterocycles. The molecule has 2 aromatic rings. The van der Waals surface area contributed by atoms with Crippen molar-refractivity contribution in [2.75, 3.05) is 10.2 Å². The maximum Gasteiger partial charge on any atom is 0.249 e. The average Bonchev–Trinajstić information content (AvgIpc) is 2.75. The molecule has 1 amide bonds. The molecule has 1 unspecified atom stereocenters. The van der Waals surface area contributed by atoms with Crippen LogP contribution in [0.5, 0.6) is 0 Å². The monoisotopic (exact) mass is 271 g/mol. The molecule has 1 aliphatic heterocycles. The molecule has 1 aromatic carbocycles. The Morgan fingerprint density at radius 1 is 1.35 bits per heavy atom. The van der Waals surface area contributed by atoms with Crippen molar-refractivity contribution in [1.29, 1.82) is 0 Å². The summed E-state index contributed by atoms with van der Waals surface area (Å²) in [4.78, 5) is 14.2. The van der Waals surface area contributed by atoms with E-state index in [9.17, 15) is 4.79 Å². The minimum Gasteiger partial charge on any atom is -0.372 e. The van der Waals surface area contributed by atoms with Crippen LogP contribution in [0.2, 0.25) is 0 Å². The molecule has 0 saturated carbocycles. The summed E-state index contributed by atoms with van der Waals surface area (Å²) >= 11 is 0. The highest BCUT2D eigenvalue weighted by Gasteiger charge is 2.30. The molecule has 0 fully saturated rings. The van der Waals surface area contributed by atoms with E-state index in [2.05, 4.69) is 10.5 Å². The number of hydrogen-bond acceptors (Lipinski definition) is 4. The number of benzene rings is 1. The highest BCUT2D eigenvalue weighted by atomic mass is 16.5. The average molecular weight is 271 g/mol. The third-order valence-electron chi connectivity index (χ3n) is 3.70. The zero-order chi connectivity index (χ0) is 14.3. The van der Waals surface area contributed by atoms with Crippen LogP contribution >= 0.6 is 0 Å². The van der Waals surface area contributed by atoms with E-state index in [0.717, 1.165) is 28.4 Å². The number of nitrogens with one attached hydrogen (secondary N) is 1. The van der Waals surface area contributed by atoms with E-state index in [-0.39, 0.29) is 11.9 Å².